The number of hydrogen-bond donors (Lipinski definition) is 1. The number of benzene rings is 3. The Kier molecular flexibility index (Phi) is 6.19. The van der Waals surface area contributed by atoms with E-state index in [0.717, 1.165) is 11.1 Å². The molecule has 0 saturated heterocycles. The van der Waals surface area contributed by atoms with Crippen LogP contribution in [0.25, 0.3) is 5.57 Å². The molecular formula is C24H26O. The van der Waals surface area contributed by atoms with Gasteiger partial charge in [-0.05, 0) is 24.1 Å². The Balaban J connectivity index is 0.000000212. The lowest BCUT2D eigenvalue weighted by molar-refractivity contribution is 0.453. The second kappa shape index (κ2) is 8.34. The van der Waals surface area contributed by atoms with Crippen LogP contribution in [0.2, 0.25) is 0 Å². The fourth-order valence-corrected chi connectivity index (χ4v) is 2.74. The van der Waals surface area contributed by atoms with Crippen LogP contribution in [0.5, 0.6) is 5.75 Å². The predicted octanol–water partition coefficient (Wildman–Crippen LogP) is 6.44. The van der Waals surface area contributed by atoms with Gasteiger partial charge in [-0.1, -0.05) is 105 Å². The zero-order valence-electron chi connectivity index (χ0n) is 15.2. The molecule has 1 nitrogen and oxygen atoms in total. The molecule has 0 fully saturated rings. The van der Waals surface area contributed by atoms with Crippen molar-refractivity contribution in [2.45, 2.75) is 26.2 Å². The maximum atomic E-state index is 9.91. The van der Waals surface area contributed by atoms with Crippen LogP contribution in [-0.2, 0) is 5.41 Å². The van der Waals surface area contributed by atoms with Gasteiger partial charge in [0.1, 0.15) is 5.75 Å². The van der Waals surface area contributed by atoms with Crippen LogP contribution in [-0.4, -0.2) is 5.11 Å². The first-order chi connectivity index (χ1) is 11.9. The molecule has 0 spiro atoms. The Morgan fingerprint density at radius 3 is 1.72 bits per heavy atom. The molecule has 0 aliphatic rings. The van der Waals surface area contributed by atoms with Crippen molar-refractivity contribution < 1.29 is 5.11 Å². The third kappa shape index (κ3) is 4.84. The maximum absolute atomic E-state index is 9.91. The number of para-hydroxylation sites is 1. The van der Waals surface area contributed by atoms with E-state index in [-0.39, 0.29) is 5.41 Å². The molecule has 0 heterocycles. The number of hydrogen-bond acceptors (Lipinski definition) is 1. The van der Waals surface area contributed by atoms with Gasteiger partial charge in [0.05, 0.1) is 0 Å². The molecule has 1 N–H and O–H groups in total. The second-order valence-corrected chi connectivity index (χ2v) is 6.65. The smallest absolute Gasteiger partial charge is 0.119 e. The normalized spacial score (nSPS) is 10.5. The predicted molar refractivity (Wildman–Crippen MR) is 108 cm³/mol. The van der Waals surface area contributed by atoms with Crippen LogP contribution in [0.3, 0.4) is 0 Å². The lowest BCUT2D eigenvalue weighted by Gasteiger charge is -2.26. The van der Waals surface area contributed by atoms with Crippen LogP contribution in [0, 0.1) is 0 Å². The van der Waals surface area contributed by atoms with Gasteiger partial charge in [0.25, 0.3) is 0 Å². The van der Waals surface area contributed by atoms with Crippen molar-refractivity contribution in [1.29, 1.82) is 0 Å². The molecular weight excluding hydrogens is 304 g/mol. The van der Waals surface area contributed by atoms with Crippen molar-refractivity contribution in [2.24, 2.45) is 0 Å². The Labute approximate surface area is 151 Å². The highest BCUT2D eigenvalue weighted by Crippen LogP contribution is 2.36. The summed E-state index contributed by atoms with van der Waals surface area (Å²) in [5.74, 6) is 0.358. The maximum Gasteiger partial charge on any atom is 0.119 e. The summed E-state index contributed by atoms with van der Waals surface area (Å²) >= 11 is 0. The SMILES string of the molecule is C=C(C)c1ccccc1.CC(C)(c1ccccc1)c1ccccc1O. The highest BCUT2D eigenvalue weighted by molar-refractivity contribution is 5.60. The van der Waals surface area contributed by atoms with Crippen LogP contribution in [0.4, 0.5) is 0 Å². The molecule has 0 amide bonds. The van der Waals surface area contributed by atoms with Gasteiger partial charge < -0.3 is 5.11 Å². The monoisotopic (exact) mass is 330 g/mol. The minimum absolute atomic E-state index is 0.174. The third-order valence-electron chi connectivity index (χ3n) is 4.34. The van der Waals surface area contributed by atoms with Crippen molar-refractivity contribution in [3.8, 4) is 5.75 Å². The highest BCUT2D eigenvalue weighted by Gasteiger charge is 2.25. The molecule has 3 aromatic rings. The standard InChI is InChI=1S/C15H16O.C9H10/c1-15(2,12-8-4-3-5-9-12)13-10-6-7-11-14(13)16;1-8(2)9-6-4-3-5-7-9/h3-11,16H,1-2H3;3-7H,1H2,2H3. The van der Waals surface area contributed by atoms with Gasteiger partial charge in [-0.15, -0.1) is 0 Å². The van der Waals surface area contributed by atoms with Crippen LogP contribution >= 0.6 is 0 Å². The molecule has 0 aromatic heterocycles. The Morgan fingerprint density at radius 2 is 1.24 bits per heavy atom. The molecule has 0 radical (unpaired) electrons. The van der Waals surface area contributed by atoms with E-state index in [1.165, 1.54) is 11.1 Å². The first-order valence-electron chi connectivity index (χ1n) is 8.48. The lowest BCUT2D eigenvalue weighted by atomic mass is 9.78. The minimum atomic E-state index is -0.174. The Bertz CT molecular complexity index is 802. The number of rotatable bonds is 3. The molecule has 0 unspecified atom stereocenters. The molecule has 0 atom stereocenters. The molecule has 0 aliphatic carbocycles. The summed E-state index contributed by atoms with van der Waals surface area (Å²) in [6, 6.07) is 27.9. The Morgan fingerprint density at radius 1 is 0.760 bits per heavy atom. The van der Waals surface area contributed by atoms with Crippen molar-refractivity contribution in [2.75, 3.05) is 0 Å². The van der Waals surface area contributed by atoms with E-state index >= 15 is 0 Å². The van der Waals surface area contributed by atoms with Gasteiger partial charge in [-0.2, -0.15) is 0 Å². The van der Waals surface area contributed by atoms with Crippen molar-refractivity contribution in [3.63, 3.8) is 0 Å². The van der Waals surface area contributed by atoms with E-state index in [9.17, 15) is 5.11 Å². The fraction of sp³-hybridized carbons (Fsp3) is 0.167. The second-order valence-electron chi connectivity index (χ2n) is 6.65. The summed E-state index contributed by atoms with van der Waals surface area (Å²) in [7, 11) is 0. The summed E-state index contributed by atoms with van der Waals surface area (Å²) in [6.07, 6.45) is 0. The molecule has 0 saturated carbocycles. The highest BCUT2D eigenvalue weighted by atomic mass is 16.3. The molecule has 0 aliphatic heterocycles. The summed E-state index contributed by atoms with van der Waals surface area (Å²) in [5.41, 5.74) is 4.33. The quantitative estimate of drug-likeness (QED) is 0.586. The average molecular weight is 330 g/mol. The molecule has 25 heavy (non-hydrogen) atoms. The topological polar surface area (TPSA) is 20.2 Å². The van der Waals surface area contributed by atoms with Crippen LogP contribution in [0.15, 0.2) is 91.5 Å². The first-order valence-corrected chi connectivity index (χ1v) is 8.48. The minimum Gasteiger partial charge on any atom is -0.508 e. The zero-order valence-corrected chi connectivity index (χ0v) is 15.2. The fourth-order valence-electron chi connectivity index (χ4n) is 2.74. The van der Waals surface area contributed by atoms with Gasteiger partial charge in [-0.25, -0.2) is 0 Å². The van der Waals surface area contributed by atoms with E-state index in [0.29, 0.717) is 5.75 Å². The van der Waals surface area contributed by atoms with Gasteiger partial charge in [0.2, 0.25) is 0 Å². The summed E-state index contributed by atoms with van der Waals surface area (Å²) in [5, 5.41) is 9.91. The molecule has 3 aromatic carbocycles. The number of phenols is 1. The van der Waals surface area contributed by atoms with Crippen molar-refractivity contribution in [3.05, 3.63) is 108 Å². The molecule has 1 heteroatoms. The molecule has 0 bridgehead atoms. The van der Waals surface area contributed by atoms with Gasteiger partial charge in [0.15, 0.2) is 0 Å². The molecule has 128 valence electrons. The van der Waals surface area contributed by atoms with E-state index < -0.39 is 0 Å². The zero-order chi connectivity index (χ0) is 18.3. The van der Waals surface area contributed by atoms with E-state index in [1.807, 2.05) is 61.5 Å². The average Bonchev–Trinajstić information content (AvgIpc) is 2.64. The van der Waals surface area contributed by atoms with Crippen LogP contribution in [0.1, 0.15) is 37.5 Å². The van der Waals surface area contributed by atoms with Crippen molar-refractivity contribution in [1.82, 2.24) is 0 Å². The number of aromatic hydroxyl groups is 1. The Hall–Kier alpha value is -2.80. The largest absolute Gasteiger partial charge is 0.508 e. The van der Waals surface area contributed by atoms with Crippen LogP contribution < -0.4 is 0 Å². The van der Waals surface area contributed by atoms with Gasteiger partial charge >= 0.3 is 0 Å². The first kappa shape index (κ1) is 18.5. The number of allylic oxidation sites excluding steroid dienone is 1. The molecule has 3 rings (SSSR count). The van der Waals surface area contributed by atoms with Gasteiger partial charge in [0, 0.05) is 11.0 Å². The van der Waals surface area contributed by atoms with E-state index in [4.69, 9.17) is 0 Å². The third-order valence-corrected chi connectivity index (χ3v) is 4.34. The lowest BCUT2D eigenvalue weighted by Crippen LogP contribution is -2.18. The van der Waals surface area contributed by atoms with E-state index in [2.05, 4.69) is 44.7 Å². The summed E-state index contributed by atoms with van der Waals surface area (Å²) in [6.45, 7) is 10.1. The van der Waals surface area contributed by atoms with Gasteiger partial charge in [-0.3, -0.25) is 0 Å². The summed E-state index contributed by atoms with van der Waals surface area (Å²) in [4.78, 5) is 0. The number of phenolic OH excluding ortho intramolecular Hbond substituents is 1. The summed E-state index contributed by atoms with van der Waals surface area (Å²) < 4.78 is 0. The van der Waals surface area contributed by atoms with E-state index in [1.54, 1.807) is 6.07 Å². The van der Waals surface area contributed by atoms with Crippen molar-refractivity contribution >= 4 is 5.57 Å².